The number of hydrogen-bond acceptors (Lipinski definition) is 4. The van der Waals surface area contributed by atoms with Crippen molar-refractivity contribution in [3.8, 4) is 11.8 Å². The van der Waals surface area contributed by atoms with Gasteiger partial charge in [-0.25, -0.2) is 4.98 Å². The molecule has 156 valence electrons. The van der Waals surface area contributed by atoms with Gasteiger partial charge in [0.1, 0.15) is 0 Å². The molecule has 1 aliphatic rings. The first-order valence-electron chi connectivity index (χ1n) is 10.3. The van der Waals surface area contributed by atoms with Gasteiger partial charge in [0, 0.05) is 24.4 Å². The van der Waals surface area contributed by atoms with Gasteiger partial charge in [-0.3, -0.25) is 4.79 Å². The summed E-state index contributed by atoms with van der Waals surface area (Å²) in [5.74, 6) is 7.03. The van der Waals surface area contributed by atoms with E-state index in [0.29, 0.717) is 11.6 Å². The van der Waals surface area contributed by atoms with E-state index in [0.717, 1.165) is 43.4 Å². The molecule has 0 saturated heterocycles. The van der Waals surface area contributed by atoms with E-state index in [9.17, 15) is 4.79 Å². The number of allylic oxidation sites excluding steroid dienone is 4. The molecule has 0 spiro atoms. The first-order valence-corrected chi connectivity index (χ1v) is 11.2. The molecule has 2 aromatic rings. The third kappa shape index (κ3) is 6.60. The maximum atomic E-state index is 12.3. The summed E-state index contributed by atoms with van der Waals surface area (Å²) in [6, 6.07) is 8.54. The van der Waals surface area contributed by atoms with Crippen molar-refractivity contribution in [3.05, 3.63) is 70.5 Å². The van der Waals surface area contributed by atoms with Gasteiger partial charge in [0.25, 0.3) is 0 Å². The minimum absolute atomic E-state index is 0.0618. The molecule has 1 aromatic heterocycles. The SMILES string of the molecule is CC#CC(CC(=O)Nc1nccs1)c1ccc(CCCC2=CC=C(OC)CC2)cc1. The molecule has 1 N–H and O–H groups in total. The molecule has 30 heavy (non-hydrogen) atoms. The van der Waals surface area contributed by atoms with E-state index in [2.05, 4.69) is 58.6 Å². The summed E-state index contributed by atoms with van der Waals surface area (Å²) in [6.07, 6.45) is 11.7. The van der Waals surface area contributed by atoms with Crippen molar-refractivity contribution < 1.29 is 9.53 Å². The molecule has 0 aliphatic heterocycles. The van der Waals surface area contributed by atoms with Gasteiger partial charge in [-0.15, -0.1) is 17.3 Å². The van der Waals surface area contributed by atoms with E-state index in [1.807, 2.05) is 12.3 Å². The lowest BCUT2D eigenvalue weighted by atomic mass is 9.93. The highest BCUT2D eigenvalue weighted by Gasteiger charge is 2.15. The Morgan fingerprint density at radius 1 is 1.23 bits per heavy atom. The molecular weight excluding hydrogens is 392 g/mol. The fourth-order valence-electron chi connectivity index (χ4n) is 3.54. The van der Waals surface area contributed by atoms with Crippen LogP contribution in [0.2, 0.25) is 0 Å². The van der Waals surface area contributed by atoms with Crippen molar-refractivity contribution in [1.82, 2.24) is 4.98 Å². The van der Waals surface area contributed by atoms with Gasteiger partial charge in [0.05, 0.1) is 18.8 Å². The summed E-state index contributed by atoms with van der Waals surface area (Å²) in [7, 11) is 1.73. The zero-order valence-electron chi connectivity index (χ0n) is 17.6. The van der Waals surface area contributed by atoms with E-state index >= 15 is 0 Å². The first-order chi connectivity index (χ1) is 14.7. The zero-order chi connectivity index (χ0) is 21.2. The fourth-order valence-corrected chi connectivity index (χ4v) is 4.09. The third-order valence-corrected chi connectivity index (χ3v) is 5.88. The van der Waals surface area contributed by atoms with Gasteiger partial charge in [0.15, 0.2) is 5.13 Å². The Morgan fingerprint density at radius 2 is 2.07 bits per heavy atom. The quantitative estimate of drug-likeness (QED) is 0.518. The standard InChI is InChI=1S/C25H28N2O2S/c1-3-5-22(18-24(28)27-25-26-16-17-30-25)21-12-8-19(9-13-21)6-4-7-20-10-14-23(29-2)15-11-20/h8-10,12-14,16-17,22H,4,6-7,11,15,18H2,1-2H3,(H,26,27,28). The summed E-state index contributed by atoms with van der Waals surface area (Å²) in [5.41, 5.74) is 3.89. The molecule has 1 aromatic carbocycles. The van der Waals surface area contributed by atoms with Gasteiger partial charge in [0.2, 0.25) is 5.91 Å². The predicted molar refractivity (Wildman–Crippen MR) is 123 cm³/mol. The zero-order valence-corrected chi connectivity index (χ0v) is 18.4. The predicted octanol–water partition coefficient (Wildman–Crippen LogP) is 5.85. The molecule has 1 aliphatic carbocycles. The molecule has 3 rings (SSSR count). The number of methoxy groups -OCH3 is 1. The monoisotopic (exact) mass is 420 g/mol. The van der Waals surface area contributed by atoms with Crippen molar-refractivity contribution in [3.63, 3.8) is 0 Å². The molecule has 1 atom stereocenters. The van der Waals surface area contributed by atoms with E-state index in [4.69, 9.17) is 4.74 Å². The van der Waals surface area contributed by atoms with Crippen LogP contribution in [0.3, 0.4) is 0 Å². The van der Waals surface area contributed by atoms with E-state index in [1.165, 1.54) is 22.5 Å². The van der Waals surface area contributed by atoms with Crippen LogP contribution in [0.25, 0.3) is 0 Å². The lowest BCUT2D eigenvalue weighted by Crippen LogP contribution is -2.15. The van der Waals surface area contributed by atoms with E-state index in [1.54, 1.807) is 13.3 Å². The molecule has 0 fully saturated rings. The lowest BCUT2D eigenvalue weighted by Gasteiger charge is -2.14. The van der Waals surface area contributed by atoms with Crippen LogP contribution in [0.5, 0.6) is 0 Å². The highest BCUT2D eigenvalue weighted by Crippen LogP contribution is 2.24. The van der Waals surface area contributed by atoms with Gasteiger partial charge in [-0.1, -0.05) is 41.8 Å². The van der Waals surface area contributed by atoms with Crippen molar-refractivity contribution in [1.29, 1.82) is 0 Å². The topological polar surface area (TPSA) is 51.2 Å². The van der Waals surface area contributed by atoms with Gasteiger partial charge >= 0.3 is 0 Å². The number of carbonyl (C=O) groups is 1. The number of benzene rings is 1. The highest BCUT2D eigenvalue weighted by molar-refractivity contribution is 7.13. The fraction of sp³-hybridized carbons (Fsp3) is 0.360. The number of ether oxygens (including phenoxy) is 1. The van der Waals surface area contributed by atoms with Crippen LogP contribution in [-0.2, 0) is 16.0 Å². The van der Waals surface area contributed by atoms with Crippen molar-refractivity contribution in [2.24, 2.45) is 0 Å². The van der Waals surface area contributed by atoms with Crippen LogP contribution in [0.1, 0.15) is 56.1 Å². The molecule has 0 saturated carbocycles. The highest BCUT2D eigenvalue weighted by atomic mass is 32.1. The van der Waals surface area contributed by atoms with Crippen molar-refractivity contribution in [2.45, 2.75) is 51.4 Å². The number of amides is 1. The number of thiazole rings is 1. The lowest BCUT2D eigenvalue weighted by molar-refractivity contribution is -0.116. The third-order valence-electron chi connectivity index (χ3n) is 5.19. The van der Waals surface area contributed by atoms with Gasteiger partial charge in [-0.2, -0.15) is 0 Å². The second-order valence-electron chi connectivity index (χ2n) is 7.29. The Morgan fingerprint density at radius 3 is 2.70 bits per heavy atom. The molecule has 4 nitrogen and oxygen atoms in total. The normalized spacial score (nSPS) is 14.1. The molecule has 1 heterocycles. The maximum Gasteiger partial charge on any atom is 0.227 e. The smallest absolute Gasteiger partial charge is 0.227 e. The summed E-state index contributed by atoms with van der Waals surface area (Å²) in [5, 5.41) is 5.31. The summed E-state index contributed by atoms with van der Waals surface area (Å²) in [6.45, 7) is 1.81. The van der Waals surface area contributed by atoms with Crippen LogP contribution in [0.4, 0.5) is 5.13 Å². The Balaban J connectivity index is 1.52. The number of rotatable bonds is 9. The molecule has 0 bridgehead atoms. The van der Waals surface area contributed by atoms with Crippen LogP contribution >= 0.6 is 11.3 Å². The second kappa shape index (κ2) is 11.4. The van der Waals surface area contributed by atoms with Gasteiger partial charge in [-0.05, 0) is 49.8 Å². The number of hydrogen-bond donors (Lipinski definition) is 1. The number of aryl methyl sites for hydroxylation is 1. The van der Waals surface area contributed by atoms with E-state index < -0.39 is 0 Å². The largest absolute Gasteiger partial charge is 0.501 e. The molecule has 0 radical (unpaired) electrons. The molecular formula is C25H28N2O2S. The number of anilines is 1. The summed E-state index contributed by atoms with van der Waals surface area (Å²) >= 11 is 1.42. The van der Waals surface area contributed by atoms with Crippen LogP contribution in [-0.4, -0.2) is 18.0 Å². The minimum atomic E-state index is -0.113. The Hall–Kier alpha value is -2.84. The first kappa shape index (κ1) is 21.9. The van der Waals surface area contributed by atoms with Crippen molar-refractivity contribution in [2.75, 3.05) is 12.4 Å². The van der Waals surface area contributed by atoms with Crippen LogP contribution in [0.15, 0.2) is 59.3 Å². The number of nitrogens with zero attached hydrogens (tertiary/aromatic N) is 1. The van der Waals surface area contributed by atoms with Crippen LogP contribution in [0, 0.1) is 11.8 Å². The molecule has 1 amide bonds. The minimum Gasteiger partial charge on any atom is -0.501 e. The van der Waals surface area contributed by atoms with Crippen LogP contribution < -0.4 is 5.32 Å². The molecule has 1 unspecified atom stereocenters. The number of aromatic nitrogens is 1. The van der Waals surface area contributed by atoms with Gasteiger partial charge < -0.3 is 10.1 Å². The second-order valence-corrected chi connectivity index (χ2v) is 8.19. The summed E-state index contributed by atoms with van der Waals surface area (Å²) < 4.78 is 5.29. The Bertz CT molecular complexity index is 947. The number of nitrogens with one attached hydrogen (secondary N) is 1. The molecule has 5 heteroatoms. The average molecular weight is 421 g/mol. The summed E-state index contributed by atoms with van der Waals surface area (Å²) in [4.78, 5) is 16.4. The average Bonchev–Trinajstić information content (AvgIpc) is 3.27. The Kier molecular flexibility index (Phi) is 8.29. The maximum absolute atomic E-state index is 12.3. The number of carbonyl (C=O) groups excluding carboxylic acids is 1. The van der Waals surface area contributed by atoms with E-state index in [-0.39, 0.29) is 11.8 Å². The van der Waals surface area contributed by atoms with Crippen molar-refractivity contribution >= 4 is 22.4 Å². The Labute approximate surface area is 183 Å².